The van der Waals surface area contributed by atoms with Crippen molar-refractivity contribution in [1.29, 1.82) is 5.26 Å². The second kappa shape index (κ2) is 6.86. The molecule has 0 aliphatic heterocycles. The largest absolute Gasteiger partial charge is 0.490 e. The lowest BCUT2D eigenvalue weighted by Crippen LogP contribution is -2.03. The summed E-state index contributed by atoms with van der Waals surface area (Å²) in [5, 5.41) is 18.9. The van der Waals surface area contributed by atoms with Gasteiger partial charge in [0.15, 0.2) is 0 Å². The Labute approximate surface area is 138 Å². The first-order valence-corrected chi connectivity index (χ1v) is 7.31. The van der Waals surface area contributed by atoms with Crippen LogP contribution in [0.15, 0.2) is 48.7 Å². The zero-order valence-electron chi connectivity index (χ0n) is 12.8. The van der Waals surface area contributed by atoms with Crippen molar-refractivity contribution in [1.82, 2.24) is 4.98 Å². The molecule has 0 saturated carbocycles. The Hall–Kier alpha value is -3.30. The lowest BCUT2D eigenvalue weighted by molar-refractivity contribution is 0.201. The van der Waals surface area contributed by atoms with Crippen molar-refractivity contribution in [2.45, 2.75) is 0 Å². The SMILES string of the molecule is N#Cc1cc2c(Oc3ccc(N)cc3)ccnc2cc1OCCO. The van der Waals surface area contributed by atoms with Gasteiger partial charge in [0, 0.05) is 23.3 Å². The molecule has 0 spiro atoms. The second-order valence-electron chi connectivity index (χ2n) is 5.03. The fourth-order valence-electron chi connectivity index (χ4n) is 2.26. The third-order valence-electron chi connectivity index (χ3n) is 3.38. The Kier molecular flexibility index (Phi) is 4.45. The van der Waals surface area contributed by atoms with E-state index in [1.165, 1.54) is 0 Å². The summed E-state index contributed by atoms with van der Waals surface area (Å²) in [7, 11) is 0. The summed E-state index contributed by atoms with van der Waals surface area (Å²) in [6.07, 6.45) is 1.62. The van der Waals surface area contributed by atoms with Crippen molar-refractivity contribution < 1.29 is 14.6 Å². The van der Waals surface area contributed by atoms with E-state index in [2.05, 4.69) is 11.1 Å². The highest BCUT2D eigenvalue weighted by Crippen LogP contribution is 2.33. The van der Waals surface area contributed by atoms with Gasteiger partial charge in [-0.1, -0.05) is 0 Å². The summed E-state index contributed by atoms with van der Waals surface area (Å²) in [5.74, 6) is 1.60. The summed E-state index contributed by atoms with van der Waals surface area (Å²) in [5.41, 5.74) is 7.31. The first-order chi connectivity index (χ1) is 11.7. The summed E-state index contributed by atoms with van der Waals surface area (Å²) in [6.45, 7) is -0.0154. The van der Waals surface area contributed by atoms with Crippen molar-refractivity contribution in [2.75, 3.05) is 18.9 Å². The van der Waals surface area contributed by atoms with Gasteiger partial charge < -0.3 is 20.3 Å². The maximum Gasteiger partial charge on any atom is 0.139 e. The van der Waals surface area contributed by atoms with Crippen LogP contribution in [0.4, 0.5) is 5.69 Å². The summed E-state index contributed by atoms with van der Waals surface area (Å²) >= 11 is 0. The number of nitrogen functional groups attached to an aromatic ring is 1. The number of ether oxygens (including phenoxy) is 2. The summed E-state index contributed by atoms with van der Waals surface area (Å²) < 4.78 is 11.3. The number of benzene rings is 2. The molecule has 2 aromatic carbocycles. The van der Waals surface area contributed by atoms with Crippen molar-refractivity contribution in [3.8, 4) is 23.3 Å². The number of fused-ring (bicyclic) bond motifs is 1. The minimum absolute atomic E-state index is 0.113. The minimum atomic E-state index is -0.128. The number of hydrogen-bond donors (Lipinski definition) is 2. The highest BCUT2D eigenvalue weighted by atomic mass is 16.5. The van der Waals surface area contributed by atoms with Crippen LogP contribution >= 0.6 is 0 Å². The molecule has 0 aliphatic rings. The third-order valence-corrected chi connectivity index (χ3v) is 3.38. The molecule has 0 fully saturated rings. The first-order valence-electron chi connectivity index (χ1n) is 7.31. The molecule has 3 N–H and O–H groups in total. The number of nitrogens with zero attached hydrogens (tertiary/aromatic N) is 2. The molecule has 6 heteroatoms. The van der Waals surface area contributed by atoms with E-state index >= 15 is 0 Å². The number of pyridine rings is 1. The van der Waals surface area contributed by atoms with Gasteiger partial charge in [0.05, 0.1) is 17.7 Å². The molecule has 0 aliphatic carbocycles. The molecule has 0 unspecified atom stereocenters. The average Bonchev–Trinajstić information content (AvgIpc) is 2.61. The van der Waals surface area contributed by atoms with Crippen LogP contribution < -0.4 is 15.2 Å². The van der Waals surface area contributed by atoms with E-state index in [9.17, 15) is 5.26 Å². The van der Waals surface area contributed by atoms with Crippen molar-refractivity contribution in [3.05, 3.63) is 54.2 Å². The van der Waals surface area contributed by atoms with E-state index in [1.807, 2.05) is 0 Å². The van der Waals surface area contributed by atoms with Gasteiger partial charge in [0.2, 0.25) is 0 Å². The summed E-state index contributed by atoms with van der Waals surface area (Å²) in [6, 6.07) is 14.2. The Morgan fingerprint density at radius 3 is 2.62 bits per heavy atom. The van der Waals surface area contributed by atoms with Crippen LogP contribution in [0.5, 0.6) is 17.2 Å². The molecule has 0 bridgehead atoms. The number of nitriles is 1. The average molecular weight is 321 g/mol. The van der Waals surface area contributed by atoms with Crippen LogP contribution in [0.1, 0.15) is 5.56 Å². The smallest absolute Gasteiger partial charge is 0.139 e. The molecule has 120 valence electrons. The van der Waals surface area contributed by atoms with E-state index in [4.69, 9.17) is 20.3 Å². The van der Waals surface area contributed by atoms with Gasteiger partial charge >= 0.3 is 0 Å². The molecular formula is C18H15N3O3. The molecular weight excluding hydrogens is 306 g/mol. The van der Waals surface area contributed by atoms with Crippen LogP contribution in [0.3, 0.4) is 0 Å². The topological polar surface area (TPSA) is 101 Å². The fourth-order valence-corrected chi connectivity index (χ4v) is 2.26. The predicted molar refractivity (Wildman–Crippen MR) is 90.0 cm³/mol. The van der Waals surface area contributed by atoms with Gasteiger partial charge in [-0.05, 0) is 36.4 Å². The van der Waals surface area contributed by atoms with Crippen LogP contribution in [0.25, 0.3) is 10.9 Å². The van der Waals surface area contributed by atoms with Gasteiger partial charge in [0.1, 0.15) is 29.9 Å². The monoisotopic (exact) mass is 321 g/mol. The van der Waals surface area contributed by atoms with E-state index in [0.717, 1.165) is 0 Å². The number of aromatic nitrogens is 1. The molecule has 1 heterocycles. The molecule has 3 aromatic rings. The van der Waals surface area contributed by atoms with Crippen LogP contribution in [0, 0.1) is 11.3 Å². The van der Waals surface area contributed by atoms with Crippen LogP contribution in [-0.4, -0.2) is 23.3 Å². The molecule has 0 radical (unpaired) electrons. The molecule has 3 rings (SSSR count). The number of aliphatic hydroxyl groups is 1. The highest BCUT2D eigenvalue weighted by molar-refractivity contribution is 5.88. The lowest BCUT2D eigenvalue weighted by atomic mass is 10.1. The molecule has 24 heavy (non-hydrogen) atoms. The molecule has 6 nitrogen and oxygen atoms in total. The highest BCUT2D eigenvalue weighted by Gasteiger charge is 2.11. The predicted octanol–water partition coefficient (Wildman–Crippen LogP) is 2.85. The second-order valence-corrected chi connectivity index (χ2v) is 5.03. The van der Waals surface area contributed by atoms with Gasteiger partial charge in [-0.2, -0.15) is 5.26 Å². The van der Waals surface area contributed by atoms with E-state index in [0.29, 0.717) is 39.4 Å². The van der Waals surface area contributed by atoms with Crippen LogP contribution in [0.2, 0.25) is 0 Å². The number of rotatable bonds is 5. The fraction of sp³-hybridized carbons (Fsp3) is 0.111. The standard InChI is InChI=1S/C18H15N3O3/c19-11-12-9-15-16(10-18(12)23-8-7-22)21-6-5-17(15)24-14-3-1-13(20)2-4-14/h1-6,9-10,22H,7-8,20H2. The van der Waals surface area contributed by atoms with E-state index in [-0.39, 0.29) is 13.2 Å². The molecule has 0 saturated heterocycles. The maximum absolute atomic E-state index is 9.32. The number of anilines is 1. The van der Waals surface area contributed by atoms with Gasteiger partial charge in [0.25, 0.3) is 0 Å². The molecule has 1 aromatic heterocycles. The number of hydrogen-bond acceptors (Lipinski definition) is 6. The van der Waals surface area contributed by atoms with E-state index < -0.39 is 0 Å². The Morgan fingerprint density at radius 2 is 1.92 bits per heavy atom. The van der Waals surface area contributed by atoms with Gasteiger partial charge in [-0.15, -0.1) is 0 Å². The normalized spacial score (nSPS) is 10.3. The van der Waals surface area contributed by atoms with Gasteiger partial charge in [-0.25, -0.2) is 0 Å². The zero-order valence-corrected chi connectivity index (χ0v) is 12.8. The number of nitrogens with two attached hydrogens (primary N) is 1. The molecule has 0 atom stereocenters. The molecule has 0 amide bonds. The maximum atomic E-state index is 9.32. The summed E-state index contributed by atoms with van der Waals surface area (Å²) in [4.78, 5) is 4.29. The van der Waals surface area contributed by atoms with Crippen molar-refractivity contribution in [3.63, 3.8) is 0 Å². The third kappa shape index (κ3) is 3.21. The van der Waals surface area contributed by atoms with E-state index in [1.54, 1.807) is 48.7 Å². The Morgan fingerprint density at radius 1 is 1.12 bits per heavy atom. The quantitative estimate of drug-likeness (QED) is 0.701. The zero-order chi connectivity index (χ0) is 16.9. The minimum Gasteiger partial charge on any atom is -0.490 e. The Balaban J connectivity index is 2.03. The Bertz CT molecular complexity index is 902. The first kappa shape index (κ1) is 15.6. The number of aliphatic hydroxyl groups excluding tert-OH is 1. The van der Waals surface area contributed by atoms with Crippen LogP contribution in [-0.2, 0) is 0 Å². The van der Waals surface area contributed by atoms with Crippen molar-refractivity contribution >= 4 is 16.6 Å². The lowest BCUT2D eigenvalue weighted by Gasteiger charge is -2.11. The van der Waals surface area contributed by atoms with Crippen molar-refractivity contribution in [2.24, 2.45) is 0 Å². The van der Waals surface area contributed by atoms with Gasteiger partial charge in [-0.3, -0.25) is 4.98 Å².